The summed E-state index contributed by atoms with van der Waals surface area (Å²) in [5, 5.41) is 15.9. The van der Waals surface area contributed by atoms with Gasteiger partial charge >= 0.3 is 11.9 Å². The fraction of sp³-hybridized carbons (Fsp3) is 0.647. The van der Waals surface area contributed by atoms with E-state index in [4.69, 9.17) is 24.0 Å². The number of hydrogen-bond acceptors (Lipinski definition) is 9. The van der Waals surface area contributed by atoms with Crippen molar-refractivity contribution in [1.82, 2.24) is 15.6 Å². The molecule has 256 valence electrons. The van der Waals surface area contributed by atoms with Crippen molar-refractivity contribution < 1.29 is 48.3 Å². The summed E-state index contributed by atoms with van der Waals surface area (Å²) in [5.74, 6) is -2.91. The molecule has 5 fully saturated rings. The number of carbonyl (C=O) groups is 4. The van der Waals surface area contributed by atoms with Gasteiger partial charge in [-0.25, -0.2) is 14.6 Å². The lowest BCUT2D eigenvalue weighted by atomic mass is 9.58. The summed E-state index contributed by atoms with van der Waals surface area (Å²) in [6, 6.07) is 6.47. The number of benzene rings is 1. The summed E-state index contributed by atoms with van der Waals surface area (Å²) in [6.07, 6.45) is 3.94. The van der Waals surface area contributed by atoms with E-state index in [2.05, 4.69) is 22.5 Å². The minimum atomic E-state index is -1.13. The zero-order chi connectivity index (χ0) is 33.3. The highest BCUT2D eigenvalue weighted by atomic mass is 17.3. The number of fused-ring (bicyclic) bond motifs is 3. The van der Waals surface area contributed by atoms with Crippen molar-refractivity contribution in [3.8, 4) is 0 Å². The first kappa shape index (κ1) is 33.4. The Bertz CT molecular complexity index is 1500. The van der Waals surface area contributed by atoms with Gasteiger partial charge < -0.3 is 34.9 Å². The molecular weight excluding hydrogens is 610 g/mol. The van der Waals surface area contributed by atoms with Crippen LogP contribution >= 0.6 is 0 Å². The molecule has 1 aromatic carbocycles. The van der Waals surface area contributed by atoms with Crippen molar-refractivity contribution in [2.75, 3.05) is 6.54 Å². The topological polar surface area (TPSA) is 175 Å². The summed E-state index contributed by atoms with van der Waals surface area (Å²) in [5.41, 5.74) is 0.940. The van der Waals surface area contributed by atoms with Crippen LogP contribution in [0, 0.1) is 23.7 Å². The number of hydrogen-bond donors (Lipinski definition) is 4. The number of carboxylic acid groups (broad SMARTS) is 1. The number of aromatic nitrogens is 1. The average Bonchev–Trinajstić information content (AvgIpc) is 3.31. The predicted octanol–water partition coefficient (Wildman–Crippen LogP) is 3.71. The van der Waals surface area contributed by atoms with Gasteiger partial charge in [0.1, 0.15) is 6.04 Å². The van der Waals surface area contributed by atoms with Crippen LogP contribution in [0.4, 0.5) is 0 Å². The van der Waals surface area contributed by atoms with Crippen molar-refractivity contribution in [1.29, 1.82) is 0 Å². The first-order valence-electron chi connectivity index (χ1n) is 16.7. The Morgan fingerprint density at radius 1 is 1.04 bits per heavy atom. The summed E-state index contributed by atoms with van der Waals surface area (Å²) in [4.78, 5) is 64.6. The van der Waals surface area contributed by atoms with E-state index in [1.54, 1.807) is 6.20 Å². The second-order valence-electron chi connectivity index (χ2n) is 13.7. The monoisotopic (exact) mass is 655 g/mol. The van der Waals surface area contributed by atoms with Crippen LogP contribution in [0.1, 0.15) is 77.7 Å². The molecule has 0 unspecified atom stereocenters. The smallest absolute Gasteiger partial charge is 0.326 e. The van der Waals surface area contributed by atoms with Gasteiger partial charge in [0.05, 0.1) is 6.42 Å². The molecule has 4 N–H and O–H groups in total. The first-order chi connectivity index (χ1) is 22.5. The third-order valence-corrected chi connectivity index (χ3v) is 10.5. The number of aromatic amines is 1. The Labute approximate surface area is 273 Å². The van der Waals surface area contributed by atoms with Gasteiger partial charge in [0, 0.05) is 61.2 Å². The lowest BCUT2D eigenvalue weighted by molar-refractivity contribution is -0.576. The third kappa shape index (κ3) is 6.76. The molecule has 1 spiro atoms. The Morgan fingerprint density at radius 2 is 1.85 bits per heavy atom. The standard InChI is InChI=1S/C34H45N3O10/c1-19-10-11-24-20(2)31(44-32-34(24)23(19)14-15-33(3,45-32)46-47-34)43-29(40)13-12-27(38)35-16-6-9-28(39)37-26(30(41)42)17-21-18-36-25-8-5-4-7-22(21)25/h4-5,7-8,18-20,23-24,26,31-32,36H,6,9-17H2,1-3H3,(H,35,38)(H,37,39)(H,41,42)/t19-,20+,23+,24-,26-,31-,32+,33+,34+/m1/s1. The Hall–Kier alpha value is -3.52. The number of esters is 1. The van der Waals surface area contributed by atoms with E-state index in [0.29, 0.717) is 18.8 Å². The van der Waals surface area contributed by atoms with E-state index in [1.165, 1.54) is 0 Å². The zero-order valence-corrected chi connectivity index (χ0v) is 27.1. The lowest BCUT2D eigenvalue weighted by Gasteiger charge is -2.59. The number of rotatable bonds is 12. The highest BCUT2D eigenvalue weighted by Crippen LogP contribution is 2.60. The fourth-order valence-electron chi connectivity index (χ4n) is 7.96. The van der Waals surface area contributed by atoms with Crippen LogP contribution in [-0.4, -0.2) is 70.4 Å². The molecule has 5 aliphatic rings. The third-order valence-electron chi connectivity index (χ3n) is 10.5. The second kappa shape index (κ2) is 13.5. The van der Waals surface area contributed by atoms with Crippen molar-refractivity contribution >= 4 is 34.7 Å². The van der Waals surface area contributed by atoms with Crippen molar-refractivity contribution in [2.45, 2.75) is 109 Å². The second-order valence-corrected chi connectivity index (χ2v) is 13.7. The average molecular weight is 656 g/mol. The van der Waals surface area contributed by atoms with E-state index < -0.39 is 47.9 Å². The maximum absolute atomic E-state index is 12.8. The summed E-state index contributed by atoms with van der Waals surface area (Å²) in [6.45, 7) is 6.26. The molecule has 5 heterocycles. The van der Waals surface area contributed by atoms with Crippen LogP contribution in [0.3, 0.4) is 0 Å². The molecule has 1 saturated carbocycles. The molecule has 4 saturated heterocycles. The molecule has 9 atom stereocenters. The number of aliphatic carboxylic acids is 1. The Balaban J connectivity index is 0.922. The number of carboxylic acids is 1. The molecule has 2 bridgehead atoms. The highest BCUT2D eigenvalue weighted by Gasteiger charge is 2.69. The van der Waals surface area contributed by atoms with Crippen molar-refractivity contribution in [2.24, 2.45) is 23.7 Å². The van der Waals surface area contributed by atoms with Crippen LogP contribution < -0.4 is 10.6 Å². The summed E-state index contributed by atoms with van der Waals surface area (Å²) >= 11 is 0. The quantitative estimate of drug-likeness (QED) is 0.150. The summed E-state index contributed by atoms with van der Waals surface area (Å²) in [7, 11) is 0. The zero-order valence-electron chi connectivity index (χ0n) is 27.1. The van der Waals surface area contributed by atoms with E-state index >= 15 is 0 Å². The Morgan fingerprint density at radius 3 is 2.66 bits per heavy atom. The molecule has 2 amide bonds. The summed E-state index contributed by atoms with van der Waals surface area (Å²) < 4.78 is 18.3. The molecule has 7 rings (SSSR count). The molecule has 4 aliphatic heterocycles. The molecule has 13 nitrogen and oxygen atoms in total. The number of nitrogens with one attached hydrogen (secondary N) is 3. The minimum absolute atomic E-state index is 0.0164. The Kier molecular flexibility index (Phi) is 9.62. The minimum Gasteiger partial charge on any atom is -0.480 e. The maximum Gasteiger partial charge on any atom is 0.326 e. The van der Waals surface area contributed by atoms with Gasteiger partial charge in [0.2, 0.25) is 23.9 Å². The van der Waals surface area contributed by atoms with E-state index in [9.17, 15) is 24.3 Å². The normalized spacial score (nSPS) is 33.3. The van der Waals surface area contributed by atoms with Crippen molar-refractivity contribution in [3.63, 3.8) is 0 Å². The predicted molar refractivity (Wildman–Crippen MR) is 166 cm³/mol. The van der Waals surface area contributed by atoms with Crippen LogP contribution in [0.15, 0.2) is 30.5 Å². The van der Waals surface area contributed by atoms with Gasteiger partial charge in [-0.05, 0) is 56.1 Å². The van der Waals surface area contributed by atoms with Gasteiger partial charge in [-0.15, -0.1) is 0 Å². The van der Waals surface area contributed by atoms with Gasteiger partial charge in [0.25, 0.3) is 0 Å². The van der Waals surface area contributed by atoms with Crippen LogP contribution in [-0.2, 0) is 49.6 Å². The fourth-order valence-corrected chi connectivity index (χ4v) is 7.96. The van der Waals surface area contributed by atoms with Gasteiger partial charge in [0.15, 0.2) is 11.9 Å². The van der Waals surface area contributed by atoms with Crippen LogP contribution in [0.2, 0.25) is 0 Å². The molecule has 1 aromatic heterocycles. The largest absolute Gasteiger partial charge is 0.480 e. The number of ether oxygens (including phenoxy) is 3. The lowest BCUT2D eigenvalue weighted by Crippen LogP contribution is -2.70. The highest BCUT2D eigenvalue weighted by molar-refractivity contribution is 5.87. The molecule has 0 radical (unpaired) electrons. The van der Waals surface area contributed by atoms with Crippen molar-refractivity contribution in [3.05, 3.63) is 36.0 Å². The van der Waals surface area contributed by atoms with E-state index in [-0.39, 0.29) is 55.9 Å². The van der Waals surface area contributed by atoms with Crippen LogP contribution in [0.25, 0.3) is 10.9 Å². The molecule has 13 heteroatoms. The number of para-hydroxylation sites is 1. The van der Waals surface area contributed by atoms with E-state index in [0.717, 1.165) is 35.7 Å². The SMILES string of the molecule is C[C@@H]1[C@H](OC(=O)CCC(=O)NCCCC(=O)N[C@H](Cc2c[nH]c3ccccc23)C(=O)O)O[C@H]2O[C@]3(C)CC[C@H]4[C@H](C)CC[C@H]1[C@]24OO3. The molecular formula is C34H45N3O10. The first-order valence-corrected chi connectivity index (χ1v) is 16.7. The molecule has 2 aromatic rings. The van der Waals surface area contributed by atoms with Gasteiger partial charge in [-0.3, -0.25) is 14.4 Å². The molecule has 1 aliphatic carbocycles. The number of carbonyl (C=O) groups excluding carboxylic acids is 3. The number of H-pyrrole nitrogens is 1. The maximum atomic E-state index is 12.8. The van der Waals surface area contributed by atoms with Gasteiger partial charge in [-0.1, -0.05) is 32.0 Å². The van der Waals surface area contributed by atoms with Gasteiger partial charge in [-0.2, -0.15) is 0 Å². The molecule has 47 heavy (non-hydrogen) atoms. The van der Waals surface area contributed by atoms with Crippen LogP contribution in [0.5, 0.6) is 0 Å². The number of amides is 2. The van der Waals surface area contributed by atoms with E-state index in [1.807, 2.05) is 38.1 Å².